The van der Waals surface area contributed by atoms with Gasteiger partial charge in [-0.1, -0.05) is 36.4 Å². The number of hydrogen-bond donors (Lipinski definition) is 1. The van der Waals surface area contributed by atoms with Crippen molar-refractivity contribution < 1.29 is 0 Å². The predicted molar refractivity (Wildman–Crippen MR) is 96.7 cm³/mol. The second-order valence-electron chi connectivity index (χ2n) is 4.56. The average molecular weight is 301 g/mol. The van der Waals surface area contributed by atoms with Crippen molar-refractivity contribution in [3.63, 3.8) is 0 Å². The van der Waals surface area contributed by atoms with Crippen LogP contribution in [0.1, 0.15) is 0 Å². The van der Waals surface area contributed by atoms with Gasteiger partial charge in [0, 0.05) is 19.8 Å². The summed E-state index contributed by atoms with van der Waals surface area (Å²) >= 11 is 1.75. The molecule has 0 bridgehead atoms. The van der Waals surface area contributed by atoms with Gasteiger partial charge in [0.2, 0.25) is 5.96 Å². The van der Waals surface area contributed by atoms with Crippen molar-refractivity contribution >= 4 is 29.1 Å². The topological polar surface area (TPSA) is 27.6 Å². The highest BCUT2D eigenvalue weighted by Gasteiger charge is 2.02. The van der Waals surface area contributed by atoms with Crippen molar-refractivity contribution in [2.75, 3.05) is 31.9 Å². The zero-order valence-electron chi connectivity index (χ0n) is 13.1. The summed E-state index contributed by atoms with van der Waals surface area (Å²) in [6.07, 6.45) is 4.08. The van der Waals surface area contributed by atoms with Crippen LogP contribution in [0, 0.1) is 0 Å². The number of nitrogens with one attached hydrogen (secondary N) is 1. The molecule has 2 aromatic rings. The zero-order valence-corrected chi connectivity index (χ0v) is 13.9. The number of thioether (sulfide) groups is 1. The number of nitrogens with zero attached hydrogens (tertiary/aromatic N) is 2. The van der Waals surface area contributed by atoms with Crippen molar-refractivity contribution in [1.29, 1.82) is 0 Å². The summed E-state index contributed by atoms with van der Waals surface area (Å²) in [4.78, 5) is 6.54. The molecule has 4 heteroatoms. The molecule has 0 aliphatic heterocycles. The van der Waals surface area contributed by atoms with Gasteiger partial charge in [0.1, 0.15) is 0 Å². The highest BCUT2D eigenvalue weighted by atomic mass is 32.2. The smallest absolute Gasteiger partial charge is 0.203 e. The lowest BCUT2D eigenvalue weighted by molar-refractivity contribution is 0.621. The van der Waals surface area contributed by atoms with Crippen molar-refractivity contribution in [1.82, 2.24) is 4.90 Å². The molecule has 0 aliphatic carbocycles. The van der Waals surface area contributed by atoms with E-state index in [0.29, 0.717) is 0 Å². The van der Waals surface area contributed by atoms with E-state index < -0.39 is 0 Å². The zero-order chi connectivity index (χ0) is 15.5. The number of benzene rings is 2. The Balaban J connectivity index is 0.000000677. The molecule has 2 aromatic carbocycles. The molecule has 0 aromatic heterocycles. The van der Waals surface area contributed by atoms with Gasteiger partial charge in [-0.25, -0.2) is 4.99 Å². The first-order chi connectivity index (χ1) is 10.2. The van der Waals surface area contributed by atoms with Crippen LogP contribution in [-0.2, 0) is 0 Å². The molecule has 0 atom stereocenters. The Kier molecular flexibility index (Phi) is 8.05. The lowest BCUT2D eigenvalue weighted by atomic mass is 10.3. The van der Waals surface area contributed by atoms with Crippen molar-refractivity contribution in [3.8, 4) is 0 Å². The summed E-state index contributed by atoms with van der Waals surface area (Å²) in [7, 11) is 3.94. The quantitative estimate of drug-likeness (QED) is 0.661. The molecule has 2 rings (SSSR count). The Labute approximate surface area is 132 Å². The lowest BCUT2D eigenvalue weighted by Crippen LogP contribution is -2.29. The molecule has 0 saturated carbocycles. The van der Waals surface area contributed by atoms with E-state index in [1.165, 1.54) is 0 Å². The summed E-state index contributed by atoms with van der Waals surface area (Å²) in [5.41, 5.74) is 1.96. The molecule has 3 nitrogen and oxygen atoms in total. The summed E-state index contributed by atoms with van der Waals surface area (Å²) < 4.78 is 0. The second kappa shape index (κ2) is 9.88. The minimum atomic E-state index is 0.812. The fourth-order valence-electron chi connectivity index (χ4n) is 1.52. The number of hydrogen-bond acceptors (Lipinski definition) is 2. The van der Waals surface area contributed by atoms with Gasteiger partial charge in [-0.3, -0.25) is 0 Å². The van der Waals surface area contributed by atoms with Crippen LogP contribution in [0.4, 0.5) is 11.4 Å². The third-order valence-electron chi connectivity index (χ3n) is 2.44. The van der Waals surface area contributed by atoms with Crippen molar-refractivity contribution in [2.45, 2.75) is 0 Å². The molecule has 0 unspecified atom stereocenters. The molecule has 0 amide bonds. The van der Waals surface area contributed by atoms with Crippen LogP contribution < -0.4 is 5.32 Å². The number of rotatable bonds is 2. The SMILES string of the molecule is CN(C)C(=Nc1ccccc1)Nc1ccccc1.CSC. The molecule has 21 heavy (non-hydrogen) atoms. The fourth-order valence-corrected chi connectivity index (χ4v) is 1.52. The molecule has 112 valence electrons. The van der Waals surface area contributed by atoms with E-state index in [0.717, 1.165) is 17.3 Å². The molecular formula is C17H23N3S. The molecule has 0 saturated heterocycles. The number of para-hydroxylation sites is 2. The first-order valence-corrected chi connectivity index (χ1v) is 8.34. The van der Waals surface area contributed by atoms with Gasteiger partial charge in [0.25, 0.3) is 0 Å². The lowest BCUT2D eigenvalue weighted by Gasteiger charge is -2.17. The first-order valence-electron chi connectivity index (χ1n) is 6.70. The van der Waals surface area contributed by atoms with Gasteiger partial charge in [-0.15, -0.1) is 0 Å². The van der Waals surface area contributed by atoms with E-state index in [9.17, 15) is 0 Å². The maximum absolute atomic E-state index is 4.58. The molecule has 0 aliphatic rings. The van der Waals surface area contributed by atoms with Gasteiger partial charge in [0.05, 0.1) is 5.69 Å². The molecule has 0 heterocycles. The van der Waals surface area contributed by atoms with Gasteiger partial charge in [0.15, 0.2) is 0 Å². The monoisotopic (exact) mass is 301 g/mol. The Morgan fingerprint density at radius 2 is 1.38 bits per heavy atom. The van der Waals surface area contributed by atoms with E-state index >= 15 is 0 Å². The molecule has 0 radical (unpaired) electrons. The van der Waals surface area contributed by atoms with Gasteiger partial charge in [-0.2, -0.15) is 11.8 Å². The van der Waals surface area contributed by atoms with Gasteiger partial charge in [-0.05, 0) is 36.8 Å². The minimum Gasteiger partial charge on any atom is -0.349 e. The predicted octanol–water partition coefficient (Wildman–Crippen LogP) is 4.33. The fraction of sp³-hybridized carbons (Fsp3) is 0.235. The maximum atomic E-state index is 4.58. The maximum Gasteiger partial charge on any atom is 0.203 e. The summed E-state index contributed by atoms with van der Waals surface area (Å²) in [5.74, 6) is 0.812. The Morgan fingerprint density at radius 1 is 0.905 bits per heavy atom. The highest BCUT2D eigenvalue weighted by molar-refractivity contribution is 7.97. The van der Waals surface area contributed by atoms with E-state index in [-0.39, 0.29) is 0 Å². The van der Waals surface area contributed by atoms with Crippen molar-refractivity contribution in [2.24, 2.45) is 4.99 Å². The first kappa shape index (κ1) is 17.1. The molecule has 0 fully saturated rings. The van der Waals surface area contributed by atoms with Crippen LogP contribution in [0.25, 0.3) is 0 Å². The largest absolute Gasteiger partial charge is 0.349 e. The summed E-state index contributed by atoms with van der Waals surface area (Å²) in [5, 5.41) is 3.30. The van der Waals surface area contributed by atoms with Crippen LogP contribution in [0.15, 0.2) is 65.7 Å². The number of anilines is 1. The number of aliphatic imine (C=N–C) groups is 1. The van der Waals surface area contributed by atoms with E-state index in [2.05, 4.69) is 10.3 Å². The van der Waals surface area contributed by atoms with Crippen LogP contribution >= 0.6 is 11.8 Å². The summed E-state index contributed by atoms with van der Waals surface area (Å²) in [6, 6.07) is 19.9. The normalized spacial score (nSPS) is 10.4. The average Bonchev–Trinajstić information content (AvgIpc) is 2.49. The Bertz CT molecular complexity index is 524. The van der Waals surface area contributed by atoms with Crippen LogP contribution in [0.2, 0.25) is 0 Å². The standard InChI is InChI=1S/C15H17N3.C2H6S/c1-18(2)15(16-13-9-5-3-6-10-13)17-14-11-7-4-8-12-14;1-3-2/h3-12H,1-2H3,(H,16,17);1-2H3. The molecular weight excluding hydrogens is 278 g/mol. The Hall–Kier alpha value is -1.94. The van der Waals surface area contributed by atoms with Gasteiger partial charge < -0.3 is 10.2 Å². The highest BCUT2D eigenvalue weighted by Crippen LogP contribution is 2.12. The third kappa shape index (κ3) is 6.86. The van der Waals surface area contributed by atoms with Gasteiger partial charge >= 0.3 is 0 Å². The van der Waals surface area contributed by atoms with Crippen LogP contribution in [0.3, 0.4) is 0 Å². The van der Waals surface area contributed by atoms with Crippen LogP contribution in [-0.4, -0.2) is 37.5 Å². The second-order valence-corrected chi connectivity index (χ2v) is 5.38. The van der Waals surface area contributed by atoms with E-state index in [1.807, 2.05) is 92.2 Å². The van der Waals surface area contributed by atoms with Crippen molar-refractivity contribution in [3.05, 3.63) is 60.7 Å². The third-order valence-corrected chi connectivity index (χ3v) is 2.44. The molecule has 1 N–H and O–H groups in total. The van der Waals surface area contributed by atoms with Crippen LogP contribution in [0.5, 0.6) is 0 Å². The number of guanidine groups is 1. The molecule has 0 spiro atoms. The Morgan fingerprint density at radius 3 is 1.86 bits per heavy atom. The minimum absolute atomic E-state index is 0.812. The van der Waals surface area contributed by atoms with E-state index in [4.69, 9.17) is 0 Å². The summed E-state index contributed by atoms with van der Waals surface area (Å²) in [6.45, 7) is 0. The van der Waals surface area contributed by atoms with E-state index in [1.54, 1.807) is 11.8 Å².